The first kappa shape index (κ1) is 27.8. The molecule has 172 valence electrons. The van der Waals surface area contributed by atoms with Crippen LogP contribution < -0.4 is 39.0 Å². The molecule has 11 heteroatoms. The van der Waals surface area contributed by atoms with E-state index in [1.165, 1.54) is 30.3 Å². The van der Waals surface area contributed by atoms with Gasteiger partial charge in [0.05, 0.1) is 16.3 Å². The van der Waals surface area contributed by atoms with Crippen molar-refractivity contribution in [2.24, 2.45) is 10.2 Å². The van der Waals surface area contributed by atoms with Crippen LogP contribution in [-0.2, 0) is 19.7 Å². The largest absolute Gasteiger partial charge is 1.00 e. The van der Waals surface area contributed by atoms with Crippen LogP contribution in [0.15, 0.2) is 107 Å². The number of azo groups is 1. The molecule has 0 aliphatic carbocycles. The van der Waals surface area contributed by atoms with Gasteiger partial charge in [0.15, 0.2) is 0 Å². The number of carbonyl (C=O) groups excluding carboxylic acids is 2. The number of hydrogen-bond acceptors (Lipinski definition) is 9. The molecule has 0 aliphatic rings. The number of ether oxygens (including phenoxy) is 2. The average Bonchev–Trinajstić information content (AvgIpc) is 2.83. The Kier molecular flexibility index (Phi) is 10.2. The Morgan fingerprint density at radius 2 is 1.23 bits per heavy atom. The summed E-state index contributed by atoms with van der Waals surface area (Å²) in [5, 5.41) is 7.96. The van der Waals surface area contributed by atoms with E-state index in [1.807, 2.05) is 0 Å². The van der Waals surface area contributed by atoms with Crippen molar-refractivity contribution in [3.63, 3.8) is 0 Å². The maximum Gasteiger partial charge on any atom is 1.00 e. The summed E-state index contributed by atoms with van der Waals surface area (Å²) >= 11 is 0. The van der Waals surface area contributed by atoms with E-state index in [9.17, 15) is 22.6 Å². The summed E-state index contributed by atoms with van der Waals surface area (Å²) in [6.45, 7) is 3.32. The molecule has 3 rings (SSSR count). The molecular formula is C24H17N2NaO7S. The van der Waals surface area contributed by atoms with E-state index in [-0.39, 0.29) is 34.5 Å². The van der Waals surface area contributed by atoms with Crippen LogP contribution in [0.1, 0.15) is 5.56 Å². The third kappa shape index (κ3) is 9.04. The first-order valence-electron chi connectivity index (χ1n) is 9.65. The molecule has 0 spiro atoms. The van der Waals surface area contributed by atoms with Crippen LogP contribution in [0.4, 0.5) is 11.4 Å². The van der Waals surface area contributed by atoms with E-state index >= 15 is 0 Å². The van der Waals surface area contributed by atoms with Gasteiger partial charge >= 0.3 is 41.5 Å². The summed E-state index contributed by atoms with van der Waals surface area (Å²) in [5.74, 6) is -0.504. The Morgan fingerprint density at radius 3 is 1.71 bits per heavy atom. The molecule has 3 aromatic rings. The Labute approximate surface area is 223 Å². The van der Waals surface area contributed by atoms with Crippen molar-refractivity contribution in [3.8, 4) is 11.5 Å². The van der Waals surface area contributed by atoms with Gasteiger partial charge in [-0.3, -0.25) is 0 Å². The van der Waals surface area contributed by atoms with Crippen LogP contribution in [-0.4, -0.2) is 24.9 Å². The predicted molar refractivity (Wildman–Crippen MR) is 122 cm³/mol. The normalized spacial score (nSPS) is 11.1. The molecule has 0 aliphatic heterocycles. The Bertz CT molecular complexity index is 1350. The van der Waals surface area contributed by atoms with Crippen molar-refractivity contribution < 1.29 is 61.6 Å². The fourth-order valence-corrected chi connectivity index (χ4v) is 2.96. The molecule has 0 bridgehead atoms. The summed E-state index contributed by atoms with van der Waals surface area (Å²) in [6, 6.07) is 17.8. The van der Waals surface area contributed by atoms with Gasteiger partial charge in [-0.2, -0.15) is 10.2 Å². The molecule has 0 fully saturated rings. The third-order valence-electron chi connectivity index (χ3n) is 4.14. The van der Waals surface area contributed by atoms with E-state index in [1.54, 1.807) is 42.5 Å². The van der Waals surface area contributed by atoms with Crippen LogP contribution in [0.5, 0.6) is 11.5 Å². The van der Waals surface area contributed by atoms with Gasteiger partial charge in [-0.1, -0.05) is 18.7 Å². The fraction of sp³-hybridized carbons (Fsp3) is 0. The average molecular weight is 500 g/mol. The first-order chi connectivity index (χ1) is 16.2. The second-order valence-electron chi connectivity index (χ2n) is 6.59. The smallest absolute Gasteiger partial charge is 0.744 e. The molecular weight excluding hydrogens is 483 g/mol. The standard InChI is InChI=1S/C24H18N2O7S.Na/c1-2-23(27)32-20-10-3-17(4-11-20)5-16-24(28)33-21-12-6-18(7-13-21)25-26-19-8-14-22(15-9-19)34(29,30)31;/h2-16H,1H2,(H,29,30,31);/q;+1/p-1/b16-5+,26-25?;. The minimum atomic E-state index is -4.52. The van der Waals surface area contributed by atoms with Crippen molar-refractivity contribution in [3.05, 3.63) is 97.1 Å². The molecule has 9 nitrogen and oxygen atoms in total. The van der Waals surface area contributed by atoms with Crippen molar-refractivity contribution in [2.75, 3.05) is 0 Å². The van der Waals surface area contributed by atoms with Crippen molar-refractivity contribution in [1.29, 1.82) is 0 Å². The van der Waals surface area contributed by atoms with Crippen LogP contribution in [0.3, 0.4) is 0 Å². The number of nitrogens with zero attached hydrogens (tertiary/aromatic N) is 2. The molecule has 0 amide bonds. The van der Waals surface area contributed by atoms with Crippen molar-refractivity contribution in [1.82, 2.24) is 0 Å². The third-order valence-corrected chi connectivity index (χ3v) is 4.99. The predicted octanol–water partition coefficient (Wildman–Crippen LogP) is 1.72. The van der Waals surface area contributed by atoms with Crippen molar-refractivity contribution >= 4 is 39.5 Å². The molecule has 0 aromatic heterocycles. The van der Waals surface area contributed by atoms with Gasteiger partial charge in [-0.25, -0.2) is 18.0 Å². The Morgan fingerprint density at radius 1 is 0.771 bits per heavy atom. The Hall–Kier alpha value is -3.41. The molecule has 0 unspecified atom stereocenters. The second-order valence-corrected chi connectivity index (χ2v) is 7.97. The molecule has 0 saturated heterocycles. The fourth-order valence-electron chi connectivity index (χ4n) is 2.50. The topological polar surface area (TPSA) is 135 Å². The van der Waals surface area contributed by atoms with Gasteiger partial charge in [0, 0.05) is 12.2 Å². The van der Waals surface area contributed by atoms with Gasteiger partial charge < -0.3 is 14.0 Å². The van der Waals surface area contributed by atoms with E-state index in [2.05, 4.69) is 16.8 Å². The maximum atomic E-state index is 12.0. The van der Waals surface area contributed by atoms with Gasteiger partial charge in [-0.05, 0) is 72.3 Å². The number of benzene rings is 3. The molecule has 3 aromatic carbocycles. The SMILES string of the molecule is C=CC(=O)Oc1ccc(/C=C/C(=O)Oc2ccc(N=Nc3ccc(S(=O)(=O)[O-])cc3)cc2)cc1.[Na+]. The zero-order chi connectivity index (χ0) is 24.6. The zero-order valence-electron chi connectivity index (χ0n) is 18.5. The number of esters is 2. The molecule has 0 N–H and O–H groups in total. The molecule has 35 heavy (non-hydrogen) atoms. The van der Waals surface area contributed by atoms with Crippen LogP contribution in [0.25, 0.3) is 6.08 Å². The molecule has 0 saturated carbocycles. The molecule has 0 atom stereocenters. The van der Waals surface area contributed by atoms with Gasteiger partial charge in [0.1, 0.15) is 21.6 Å². The molecule has 0 heterocycles. The van der Waals surface area contributed by atoms with Gasteiger partial charge in [0.2, 0.25) is 0 Å². The van der Waals surface area contributed by atoms with E-state index < -0.39 is 22.1 Å². The van der Waals surface area contributed by atoms with E-state index in [0.717, 1.165) is 18.2 Å². The van der Waals surface area contributed by atoms with Crippen LogP contribution in [0.2, 0.25) is 0 Å². The van der Waals surface area contributed by atoms with Crippen molar-refractivity contribution in [2.45, 2.75) is 4.90 Å². The first-order valence-corrected chi connectivity index (χ1v) is 11.1. The zero-order valence-corrected chi connectivity index (χ0v) is 21.3. The summed E-state index contributed by atoms with van der Waals surface area (Å²) in [6.07, 6.45) is 3.86. The second kappa shape index (κ2) is 12.9. The van der Waals surface area contributed by atoms with Gasteiger partial charge in [0.25, 0.3) is 0 Å². The Balaban J connectivity index is 0.00000432. The minimum Gasteiger partial charge on any atom is -0.744 e. The molecule has 0 radical (unpaired) electrons. The summed E-state index contributed by atoms with van der Waals surface area (Å²) in [5.41, 5.74) is 1.53. The number of rotatable bonds is 8. The van der Waals surface area contributed by atoms with Crippen LogP contribution in [0, 0.1) is 0 Å². The summed E-state index contributed by atoms with van der Waals surface area (Å²) in [7, 11) is -4.52. The minimum absolute atomic E-state index is 0. The monoisotopic (exact) mass is 500 g/mol. The number of carbonyl (C=O) groups is 2. The van der Waals surface area contributed by atoms with Crippen LogP contribution >= 0.6 is 0 Å². The summed E-state index contributed by atoms with van der Waals surface area (Å²) in [4.78, 5) is 22.8. The van der Waals surface area contributed by atoms with E-state index in [0.29, 0.717) is 28.4 Å². The maximum absolute atomic E-state index is 12.0. The summed E-state index contributed by atoms with van der Waals surface area (Å²) < 4.78 is 43.0. The quantitative estimate of drug-likeness (QED) is 0.115. The van der Waals surface area contributed by atoms with E-state index in [4.69, 9.17) is 9.47 Å². The number of hydrogen-bond donors (Lipinski definition) is 0. The van der Waals surface area contributed by atoms with Gasteiger partial charge in [-0.15, -0.1) is 0 Å².